The highest BCUT2D eigenvalue weighted by Gasteiger charge is 2.42. The summed E-state index contributed by atoms with van der Waals surface area (Å²) in [6.07, 6.45) is 0.512. The molecule has 1 heterocycles. The highest BCUT2D eigenvalue weighted by atomic mass is 19.4. The maximum Gasteiger partial charge on any atom is 0.506 e. The first-order valence-electron chi connectivity index (χ1n) is 6.21. The molecule has 0 saturated carbocycles. The van der Waals surface area contributed by atoms with E-state index in [2.05, 4.69) is 0 Å². The molecule has 0 aromatic carbocycles. The van der Waals surface area contributed by atoms with Gasteiger partial charge < -0.3 is 22.6 Å². The smallest absolute Gasteiger partial charge is 0.445 e. The first kappa shape index (κ1) is 15.9. The van der Waals surface area contributed by atoms with E-state index in [-0.39, 0.29) is 13.1 Å². The average molecular weight is 278 g/mol. The van der Waals surface area contributed by atoms with Crippen molar-refractivity contribution in [1.29, 1.82) is 0 Å². The van der Waals surface area contributed by atoms with Crippen molar-refractivity contribution in [1.82, 2.24) is 4.90 Å². The Morgan fingerprint density at radius 1 is 1.37 bits per heavy atom. The van der Waals surface area contributed by atoms with Crippen molar-refractivity contribution in [3.05, 3.63) is 11.5 Å². The topological polar surface area (TPSA) is 29.5 Å². The normalized spacial score (nSPS) is 20.0. The second-order valence-electron chi connectivity index (χ2n) is 6.48. The number of nitrogens with zero attached hydrogens (tertiary/aromatic N) is 1. The molecule has 1 aliphatic rings. The third-order valence-electron chi connectivity index (χ3n) is 2.90. The highest BCUT2D eigenvalue weighted by molar-refractivity contribution is 6.67. The maximum atomic E-state index is 12.9. The van der Waals surface area contributed by atoms with E-state index < -0.39 is 29.6 Å². The number of carbonyl (C=O) groups is 1. The second kappa shape index (κ2) is 4.76. The summed E-state index contributed by atoms with van der Waals surface area (Å²) < 4.78 is 43.9. The van der Waals surface area contributed by atoms with Crippen LogP contribution in [0.2, 0.25) is 0 Å². The molecule has 0 aromatic heterocycles. The zero-order valence-corrected chi connectivity index (χ0v) is 12.0. The van der Waals surface area contributed by atoms with Gasteiger partial charge in [0.2, 0.25) is 0 Å². The van der Waals surface area contributed by atoms with Crippen molar-refractivity contribution in [3.8, 4) is 0 Å². The van der Waals surface area contributed by atoms with Crippen molar-refractivity contribution >= 4 is 13.1 Å². The molecule has 0 atom stereocenters. The number of hydrogen-bond acceptors (Lipinski definition) is 2. The third-order valence-corrected chi connectivity index (χ3v) is 2.90. The van der Waals surface area contributed by atoms with Gasteiger partial charge in [0, 0.05) is 13.1 Å². The SMILES string of the molecule is CC(C)(C)OC(=O)N1CC=C([B-](F)(F)F)C(C)(C)C1. The van der Waals surface area contributed by atoms with Crippen LogP contribution >= 0.6 is 0 Å². The zero-order chi connectivity index (χ0) is 15.1. The van der Waals surface area contributed by atoms with Crippen LogP contribution in [0.4, 0.5) is 17.7 Å². The molecule has 1 rings (SSSR count). The molecule has 0 spiro atoms. The van der Waals surface area contributed by atoms with E-state index in [0.717, 1.165) is 6.08 Å². The minimum atomic E-state index is -5.02. The van der Waals surface area contributed by atoms with Crippen LogP contribution in [0.1, 0.15) is 34.6 Å². The number of halogens is 3. The molecule has 0 radical (unpaired) electrons. The lowest BCUT2D eigenvalue weighted by Crippen LogP contribution is -2.48. The van der Waals surface area contributed by atoms with Gasteiger partial charge in [-0.15, -0.1) is 5.47 Å². The lowest BCUT2D eigenvalue weighted by molar-refractivity contribution is 0.0205. The predicted octanol–water partition coefficient (Wildman–Crippen LogP) is 3.58. The summed E-state index contributed by atoms with van der Waals surface area (Å²) in [4.78, 5) is 13.2. The molecule has 0 aromatic rings. The Kier molecular flexibility index (Phi) is 3.99. The van der Waals surface area contributed by atoms with Crippen LogP contribution in [0.25, 0.3) is 0 Å². The molecule has 0 fully saturated rings. The Hall–Kier alpha value is -1.14. The van der Waals surface area contributed by atoms with Gasteiger partial charge >= 0.3 is 13.1 Å². The second-order valence-corrected chi connectivity index (χ2v) is 6.48. The van der Waals surface area contributed by atoms with Crippen LogP contribution in [-0.4, -0.2) is 36.7 Å². The standard InChI is InChI=1S/C12H20BF3NO2/c1-11(2,3)19-10(18)17-7-6-9(13(14,15)16)12(4,5)8-17/h6H,7-8H2,1-5H3/q-1. The Bertz CT molecular complexity index is 397. The molecule has 110 valence electrons. The molecule has 1 aliphatic heterocycles. The number of carbonyl (C=O) groups excluding carboxylic acids is 1. The van der Waals surface area contributed by atoms with E-state index in [1.54, 1.807) is 20.8 Å². The van der Waals surface area contributed by atoms with Gasteiger partial charge in [0.25, 0.3) is 0 Å². The molecule has 0 bridgehead atoms. The van der Waals surface area contributed by atoms with Gasteiger partial charge in [-0.25, -0.2) is 4.79 Å². The highest BCUT2D eigenvalue weighted by Crippen LogP contribution is 2.39. The quantitative estimate of drug-likeness (QED) is 0.686. The Morgan fingerprint density at radius 2 is 1.89 bits per heavy atom. The van der Waals surface area contributed by atoms with Gasteiger partial charge in [-0.1, -0.05) is 19.9 Å². The van der Waals surface area contributed by atoms with E-state index >= 15 is 0 Å². The summed E-state index contributed by atoms with van der Waals surface area (Å²) in [7, 11) is 0. The molecule has 1 amide bonds. The number of rotatable bonds is 1. The van der Waals surface area contributed by atoms with Gasteiger partial charge in [-0.3, -0.25) is 0 Å². The van der Waals surface area contributed by atoms with Crippen molar-refractivity contribution in [2.24, 2.45) is 5.41 Å². The molecule has 0 saturated heterocycles. The minimum Gasteiger partial charge on any atom is -0.445 e. The zero-order valence-electron chi connectivity index (χ0n) is 12.0. The molecule has 19 heavy (non-hydrogen) atoms. The fraction of sp³-hybridized carbons (Fsp3) is 0.750. The van der Waals surface area contributed by atoms with E-state index in [1.807, 2.05) is 0 Å². The van der Waals surface area contributed by atoms with Gasteiger partial charge in [-0.2, -0.15) is 0 Å². The van der Waals surface area contributed by atoms with Crippen LogP contribution in [0.3, 0.4) is 0 Å². The van der Waals surface area contributed by atoms with E-state index in [0.29, 0.717) is 0 Å². The fourth-order valence-corrected chi connectivity index (χ4v) is 2.16. The summed E-state index contributed by atoms with van der Waals surface area (Å²) in [6.45, 7) is 3.08. The third kappa shape index (κ3) is 4.18. The minimum absolute atomic E-state index is 0.00894. The van der Waals surface area contributed by atoms with Crippen molar-refractivity contribution < 1.29 is 22.5 Å². The monoisotopic (exact) mass is 278 g/mol. The first-order chi connectivity index (χ1) is 8.33. The maximum absolute atomic E-state index is 12.9. The van der Waals surface area contributed by atoms with Crippen molar-refractivity contribution in [2.75, 3.05) is 13.1 Å². The lowest BCUT2D eigenvalue weighted by atomic mass is 9.63. The molecular formula is C12H20BF3NO2-. The summed E-state index contributed by atoms with van der Waals surface area (Å²) in [5.74, 6) is 0. The summed E-state index contributed by atoms with van der Waals surface area (Å²) in [6, 6.07) is 0. The van der Waals surface area contributed by atoms with Gasteiger partial charge in [0.05, 0.1) is 0 Å². The molecule has 0 aliphatic carbocycles. The number of ether oxygens (including phenoxy) is 1. The molecule has 3 nitrogen and oxygen atoms in total. The molecule has 0 N–H and O–H groups in total. The van der Waals surface area contributed by atoms with Crippen LogP contribution in [0, 0.1) is 5.41 Å². The lowest BCUT2D eigenvalue weighted by Gasteiger charge is -2.43. The largest absolute Gasteiger partial charge is 0.506 e. The van der Waals surface area contributed by atoms with Crippen molar-refractivity contribution in [3.63, 3.8) is 0 Å². The van der Waals surface area contributed by atoms with E-state index in [4.69, 9.17) is 4.74 Å². The summed E-state index contributed by atoms with van der Waals surface area (Å²) >= 11 is 0. The average Bonchev–Trinajstić information content (AvgIpc) is 2.10. The van der Waals surface area contributed by atoms with E-state index in [1.165, 1.54) is 18.7 Å². The molecule has 0 unspecified atom stereocenters. The predicted molar refractivity (Wildman–Crippen MR) is 68.7 cm³/mol. The van der Waals surface area contributed by atoms with Crippen LogP contribution in [-0.2, 0) is 4.74 Å². The first-order valence-corrected chi connectivity index (χ1v) is 6.21. The van der Waals surface area contributed by atoms with Gasteiger partial charge in [0.1, 0.15) is 5.60 Å². The number of hydrogen-bond donors (Lipinski definition) is 0. The van der Waals surface area contributed by atoms with Crippen molar-refractivity contribution in [2.45, 2.75) is 40.2 Å². The van der Waals surface area contributed by atoms with E-state index in [9.17, 15) is 17.7 Å². The van der Waals surface area contributed by atoms with Gasteiger partial charge in [-0.05, 0) is 26.2 Å². The van der Waals surface area contributed by atoms with Crippen LogP contribution < -0.4 is 0 Å². The van der Waals surface area contributed by atoms with Gasteiger partial charge in [0.15, 0.2) is 0 Å². The van der Waals surface area contributed by atoms with Crippen LogP contribution in [0.15, 0.2) is 11.5 Å². The molecule has 7 heteroatoms. The molecular weight excluding hydrogens is 258 g/mol. The summed E-state index contributed by atoms with van der Waals surface area (Å²) in [5, 5.41) is 0. The summed E-state index contributed by atoms with van der Waals surface area (Å²) in [5.41, 5.74) is -2.28. The fourth-order valence-electron chi connectivity index (χ4n) is 2.16. The number of amides is 1. The Labute approximate surface area is 111 Å². The van der Waals surface area contributed by atoms with Crippen LogP contribution in [0.5, 0.6) is 0 Å². The Morgan fingerprint density at radius 3 is 2.26 bits per heavy atom. The Balaban J connectivity index is 2.87.